The molecule has 2 fully saturated rings. The van der Waals surface area contributed by atoms with Crippen molar-refractivity contribution in [3.63, 3.8) is 0 Å². The average molecular weight is 512 g/mol. The Labute approximate surface area is 204 Å². The van der Waals surface area contributed by atoms with E-state index in [9.17, 15) is 28.2 Å². The summed E-state index contributed by atoms with van der Waals surface area (Å²) in [6.45, 7) is 3.75. The van der Waals surface area contributed by atoms with Crippen LogP contribution in [0, 0.1) is 0 Å². The first kappa shape index (κ1) is 26.1. The molecule has 2 aliphatic heterocycles. The molecule has 0 saturated carbocycles. The van der Waals surface area contributed by atoms with Crippen molar-refractivity contribution >= 4 is 11.7 Å². The zero-order chi connectivity index (χ0) is 25.9. The Morgan fingerprint density at radius 3 is 2.47 bits per heavy atom. The number of ether oxygens (including phenoxy) is 1. The summed E-state index contributed by atoms with van der Waals surface area (Å²) in [4.78, 5) is 22.4. The predicted molar refractivity (Wildman–Crippen MR) is 118 cm³/mol. The molecule has 4 rings (SSSR count). The maximum atomic E-state index is 12.9. The number of anilines is 1. The number of carbonyl (C=O) groups excluding carboxylic acids is 1. The Balaban J connectivity index is 1.24. The molecule has 5 N–H and O–H groups in total. The first-order valence-electron chi connectivity index (χ1n) is 11.3. The number of rotatable bonds is 7. The van der Waals surface area contributed by atoms with Crippen molar-refractivity contribution in [1.29, 1.82) is 0 Å². The fourth-order valence-electron chi connectivity index (χ4n) is 4.12. The average Bonchev–Trinajstić information content (AvgIpc) is 2.85. The number of aromatic nitrogens is 4. The van der Waals surface area contributed by atoms with E-state index in [4.69, 9.17) is 10.5 Å². The summed E-state index contributed by atoms with van der Waals surface area (Å²) < 4.78 is 44.3. The fourth-order valence-corrected chi connectivity index (χ4v) is 4.12. The summed E-state index contributed by atoms with van der Waals surface area (Å²) in [5.74, 6) is -0.806. The second kappa shape index (κ2) is 11.0. The molecule has 2 saturated heterocycles. The molecule has 0 spiro atoms. The Morgan fingerprint density at radius 1 is 1.11 bits per heavy atom. The number of aliphatic hydroxyl groups is 2. The van der Waals surface area contributed by atoms with Gasteiger partial charge in [-0.2, -0.15) is 18.3 Å². The van der Waals surface area contributed by atoms with Crippen LogP contribution in [0.3, 0.4) is 0 Å². The van der Waals surface area contributed by atoms with Crippen LogP contribution in [0.2, 0.25) is 0 Å². The molecule has 12 nitrogen and oxygen atoms in total. The minimum Gasteiger partial charge on any atom is -0.388 e. The number of carbonyl (C=O) groups is 1. The minimum absolute atomic E-state index is 0.0270. The summed E-state index contributed by atoms with van der Waals surface area (Å²) >= 11 is 0. The second-order valence-corrected chi connectivity index (χ2v) is 8.74. The third kappa shape index (κ3) is 6.41. The van der Waals surface area contributed by atoms with Gasteiger partial charge in [-0.1, -0.05) is 0 Å². The van der Waals surface area contributed by atoms with Crippen LogP contribution in [0.1, 0.15) is 21.9 Å². The zero-order valence-corrected chi connectivity index (χ0v) is 19.2. The molecule has 1 amide bonds. The van der Waals surface area contributed by atoms with Gasteiger partial charge >= 0.3 is 6.18 Å². The van der Waals surface area contributed by atoms with Gasteiger partial charge in [0.2, 0.25) is 0 Å². The Morgan fingerprint density at radius 2 is 1.83 bits per heavy atom. The molecule has 2 aromatic rings. The maximum absolute atomic E-state index is 12.9. The zero-order valence-electron chi connectivity index (χ0n) is 19.2. The molecule has 196 valence electrons. The first-order valence-corrected chi connectivity index (χ1v) is 11.3. The van der Waals surface area contributed by atoms with Crippen molar-refractivity contribution in [3.05, 3.63) is 41.6 Å². The molecule has 15 heteroatoms. The lowest BCUT2D eigenvalue weighted by atomic mass is 9.97. The molecule has 4 atom stereocenters. The largest absolute Gasteiger partial charge is 0.434 e. The quantitative estimate of drug-likeness (QED) is 0.364. The molecule has 2 aromatic heterocycles. The van der Waals surface area contributed by atoms with Crippen molar-refractivity contribution in [3.8, 4) is 0 Å². The van der Waals surface area contributed by atoms with Gasteiger partial charge in [-0.15, -0.1) is 5.10 Å². The lowest BCUT2D eigenvalue weighted by Crippen LogP contribution is -2.59. The van der Waals surface area contributed by atoms with E-state index >= 15 is 0 Å². The van der Waals surface area contributed by atoms with Gasteiger partial charge in [0.1, 0.15) is 18.0 Å². The molecular weight excluding hydrogens is 485 g/mol. The topological polar surface area (TPSA) is 163 Å². The molecule has 0 aliphatic carbocycles. The van der Waals surface area contributed by atoms with E-state index in [1.54, 1.807) is 6.07 Å². The number of primary amides is 1. The number of hydrogen-bond donors (Lipinski definition) is 4. The summed E-state index contributed by atoms with van der Waals surface area (Å²) in [7, 11) is 0. The van der Waals surface area contributed by atoms with Crippen LogP contribution in [0.15, 0.2) is 24.5 Å². The summed E-state index contributed by atoms with van der Waals surface area (Å²) in [6.07, 6.45) is -6.11. The van der Waals surface area contributed by atoms with Gasteiger partial charge in [0.05, 0.1) is 36.8 Å². The number of amides is 1. The van der Waals surface area contributed by atoms with Crippen LogP contribution < -0.4 is 11.1 Å². The van der Waals surface area contributed by atoms with Crippen molar-refractivity contribution in [2.75, 3.05) is 44.6 Å². The highest BCUT2D eigenvalue weighted by Gasteiger charge is 2.40. The molecule has 0 unspecified atom stereocenters. The highest BCUT2D eigenvalue weighted by Crippen LogP contribution is 2.28. The van der Waals surface area contributed by atoms with Crippen molar-refractivity contribution in [2.24, 2.45) is 5.73 Å². The van der Waals surface area contributed by atoms with Gasteiger partial charge in [0.25, 0.3) is 5.91 Å². The Bertz CT molecular complexity index is 1040. The normalized spacial score (nSPS) is 26.0. The van der Waals surface area contributed by atoms with E-state index in [1.165, 1.54) is 6.07 Å². The van der Waals surface area contributed by atoms with Crippen LogP contribution in [0.5, 0.6) is 0 Å². The number of nitrogens with zero attached hydrogens (tertiary/aromatic N) is 6. The SMILES string of the molecule is NC(=O)c1ccc(CN2CCN(C[C@H]3OC[C@H](Nc4cncc(C(F)(F)F)n4)[C@@H](O)[C@H]3O)CC2)nn1. The van der Waals surface area contributed by atoms with E-state index in [0.29, 0.717) is 38.1 Å². The van der Waals surface area contributed by atoms with Crippen LogP contribution in [0.25, 0.3) is 0 Å². The van der Waals surface area contributed by atoms with Crippen LogP contribution >= 0.6 is 0 Å². The van der Waals surface area contributed by atoms with Gasteiger partial charge < -0.3 is 26.0 Å². The van der Waals surface area contributed by atoms with E-state index in [-0.39, 0.29) is 18.1 Å². The van der Waals surface area contributed by atoms with Gasteiger partial charge in [-0.25, -0.2) is 4.98 Å². The second-order valence-electron chi connectivity index (χ2n) is 8.74. The van der Waals surface area contributed by atoms with Crippen molar-refractivity contribution in [2.45, 2.75) is 37.1 Å². The molecule has 2 aliphatic rings. The standard InChI is InChI=1S/C21H27F3N8O4/c22-21(23,24)16-7-26-8-17(28-16)27-14-11-36-15(19(34)18(14)33)10-32-5-3-31(4-6-32)9-12-1-2-13(20(25)35)30-29-12/h1-2,7-8,14-15,18-19,33-34H,3-6,9-11H2,(H2,25,35)(H,27,28)/t14-,15+,18+,19-/m0/s1. The van der Waals surface area contributed by atoms with Gasteiger partial charge in [0.15, 0.2) is 11.4 Å². The molecule has 0 aromatic carbocycles. The van der Waals surface area contributed by atoms with Crippen LogP contribution in [0.4, 0.5) is 19.0 Å². The molecule has 0 radical (unpaired) electrons. The van der Waals surface area contributed by atoms with Gasteiger partial charge in [-0.3, -0.25) is 19.6 Å². The number of nitrogens with one attached hydrogen (secondary N) is 1. The summed E-state index contributed by atoms with van der Waals surface area (Å²) in [6, 6.07) is 2.39. The number of halogens is 3. The number of aliphatic hydroxyl groups excluding tert-OH is 2. The fraction of sp³-hybridized carbons (Fsp3) is 0.571. The van der Waals surface area contributed by atoms with E-state index in [0.717, 1.165) is 19.3 Å². The van der Waals surface area contributed by atoms with Gasteiger partial charge in [0, 0.05) is 39.3 Å². The lowest BCUT2D eigenvalue weighted by molar-refractivity contribution is -0.148. The number of hydrogen-bond acceptors (Lipinski definition) is 11. The molecule has 0 bridgehead atoms. The maximum Gasteiger partial charge on any atom is 0.434 e. The monoisotopic (exact) mass is 512 g/mol. The summed E-state index contributed by atoms with van der Waals surface area (Å²) in [5.41, 5.74) is 4.83. The van der Waals surface area contributed by atoms with E-state index in [2.05, 4.69) is 35.3 Å². The number of piperazine rings is 1. The Kier molecular flexibility index (Phi) is 7.94. The first-order chi connectivity index (χ1) is 17.1. The van der Waals surface area contributed by atoms with E-state index < -0.39 is 42.1 Å². The molecule has 36 heavy (non-hydrogen) atoms. The van der Waals surface area contributed by atoms with E-state index in [1.807, 2.05) is 0 Å². The Hall–Kier alpha value is -2.98. The van der Waals surface area contributed by atoms with Crippen LogP contribution in [-0.2, 0) is 17.5 Å². The predicted octanol–water partition coefficient (Wildman–Crippen LogP) is -0.897. The summed E-state index contributed by atoms with van der Waals surface area (Å²) in [5, 5.41) is 31.6. The van der Waals surface area contributed by atoms with Gasteiger partial charge in [-0.05, 0) is 12.1 Å². The van der Waals surface area contributed by atoms with Crippen LogP contribution in [-0.4, -0.2) is 110 Å². The third-order valence-corrected chi connectivity index (χ3v) is 6.15. The number of nitrogens with two attached hydrogens (primary N) is 1. The van der Waals surface area contributed by atoms with Crippen molar-refractivity contribution < 1.29 is 32.9 Å². The molecular formula is C21H27F3N8O4. The highest BCUT2D eigenvalue weighted by atomic mass is 19.4. The smallest absolute Gasteiger partial charge is 0.388 e. The third-order valence-electron chi connectivity index (χ3n) is 6.15. The minimum atomic E-state index is -4.65. The molecule has 4 heterocycles. The highest BCUT2D eigenvalue weighted by molar-refractivity contribution is 5.90. The number of alkyl halides is 3. The lowest BCUT2D eigenvalue weighted by Gasteiger charge is -2.41. The van der Waals surface area contributed by atoms with Crippen molar-refractivity contribution in [1.82, 2.24) is 30.0 Å².